The third-order valence-electron chi connectivity index (χ3n) is 3.28. The Labute approximate surface area is 124 Å². The lowest BCUT2D eigenvalue weighted by molar-refractivity contribution is 0.00578. The first-order valence-corrected chi connectivity index (χ1v) is 5.62. The standard InChI is InChI=1S/C14H22BNO2/c1-6-7-11-8-12(10-16-9-11)15-17-13(2,3)14(4,5)18-15/h8-10H,6-7H2,1-5H3/i1D3,6D2,7D2,8D,9D,10D. The molecule has 1 aromatic rings. The lowest BCUT2D eigenvalue weighted by Crippen LogP contribution is -2.41. The van der Waals surface area contributed by atoms with Gasteiger partial charge in [0.05, 0.1) is 15.3 Å². The van der Waals surface area contributed by atoms with Crippen molar-refractivity contribution in [3.63, 3.8) is 0 Å². The first-order valence-electron chi connectivity index (χ1n) is 10.6. The second kappa shape index (κ2) is 4.67. The number of rotatable bonds is 3. The summed E-state index contributed by atoms with van der Waals surface area (Å²) < 4.78 is 89.7. The van der Waals surface area contributed by atoms with Gasteiger partial charge < -0.3 is 9.31 Å². The van der Waals surface area contributed by atoms with Crippen molar-refractivity contribution >= 4 is 12.6 Å². The summed E-state index contributed by atoms with van der Waals surface area (Å²) in [5, 5.41) is 0. The van der Waals surface area contributed by atoms with Crippen LogP contribution in [0.5, 0.6) is 0 Å². The van der Waals surface area contributed by atoms with Crippen LogP contribution in [0.15, 0.2) is 18.4 Å². The second-order valence-corrected chi connectivity index (χ2v) is 5.09. The summed E-state index contributed by atoms with van der Waals surface area (Å²) in [5.74, 6) is 0. The molecule has 98 valence electrons. The molecule has 0 bridgehead atoms. The average Bonchev–Trinajstić information content (AvgIpc) is 2.64. The topological polar surface area (TPSA) is 31.4 Å². The highest BCUT2D eigenvalue weighted by Crippen LogP contribution is 2.36. The van der Waals surface area contributed by atoms with Crippen LogP contribution in [0.4, 0.5) is 0 Å². The van der Waals surface area contributed by atoms with Crippen molar-refractivity contribution in [2.45, 2.75) is 58.5 Å². The highest BCUT2D eigenvalue weighted by Gasteiger charge is 2.51. The molecule has 0 spiro atoms. The van der Waals surface area contributed by atoms with Gasteiger partial charge in [-0.3, -0.25) is 4.98 Å². The molecule has 1 aromatic heterocycles. The van der Waals surface area contributed by atoms with Gasteiger partial charge in [-0.1, -0.05) is 19.3 Å². The first-order chi connectivity index (χ1) is 12.3. The van der Waals surface area contributed by atoms with Crippen LogP contribution in [0.3, 0.4) is 0 Å². The van der Waals surface area contributed by atoms with Crippen molar-refractivity contribution in [2.24, 2.45) is 0 Å². The van der Waals surface area contributed by atoms with Gasteiger partial charge in [0.1, 0.15) is 0 Å². The Kier molecular flexibility index (Phi) is 1.46. The van der Waals surface area contributed by atoms with Gasteiger partial charge in [-0.2, -0.15) is 0 Å². The van der Waals surface area contributed by atoms with Crippen molar-refractivity contribution in [2.75, 3.05) is 0 Å². The van der Waals surface area contributed by atoms with Crippen molar-refractivity contribution in [1.29, 1.82) is 0 Å². The Morgan fingerprint density at radius 1 is 1.33 bits per heavy atom. The summed E-state index contributed by atoms with van der Waals surface area (Å²) in [4.78, 5) is 3.60. The SMILES string of the molecule is [2H]c1nc([2H])c(C([2H])([2H])C([2H])([2H])C([2H])([2H])[2H])c([2H])c1B1OC(C)(C)C(C)(C)O1. The summed E-state index contributed by atoms with van der Waals surface area (Å²) in [6.07, 6.45) is -8.11. The van der Waals surface area contributed by atoms with Gasteiger partial charge in [0.15, 0.2) is 0 Å². The van der Waals surface area contributed by atoms with Gasteiger partial charge in [-0.25, -0.2) is 0 Å². The molecule has 2 heterocycles. The van der Waals surface area contributed by atoms with Crippen LogP contribution in [0.2, 0.25) is 0 Å². The molecule has 1 aliphatic rings. The molecular formula is C14H22BNO2. The predicted octanol–water partition coefficient (Wildman–Crippen LogP) is 2.33. The van der Waals surface area contributed by atoms with Crippen LogP contribution in [0.1, 0.15) is 60.2 Å². The van der Waals surface area contributed by atoms with Crippen LogP contribution in [-0.2, 0) is 15.7 Å². The van der Waals surface area contributed by atoms with E-state index in [0.717, 1.165) is 0 Å². The summed E-state index contributed by atoms with van der Waals surface area (Å²) in [6, 6.07) is -0.735. The van der Waals surface area contributed by atoms with E-state index in [1.807, 2.05) is 0 Å². The van der Waals surface area contributed by atoms with Crippen LogP contribution < -0.4 is 5.46 Å². The molecule has 2 rings (SSSR count). The Morgan fingerprint density at radius 2 is 2.00 bits per heavy atom. The molecule has 0 amide bonds. The van der Waals surface area contributed by atoms with Crippen LogP contribution >= 0.6 is 0 Å². The van der Waals surface area contributed by atoms with Gasteiger partial charge in [0.25, 0.3) is 0 Å². The van der Waals surface area contributed by atoms with Crippen LogP contribution in [0, 0.1) is 0 Å². The third-order valence-corrected chi connectivity index (χ3v) is 3.28. The summed E-state index contributed by atoms with van der Waals surface area (Å²) >= 11 is 0. The van der Waals surface area contributed by atoms with Crippen molar-refractivity contribution in [3.05, 3.63) is 24.0 Å². The molecule has 4 heteroatoms. The molecular weight excluding hydrogens is 225 g/mol. The number of hydrogen-bond acceptors (Lipinski definition) is 3. The fraction of sp³-hybridized carbons (Fsp3) is 0.643. The largest absolute Gasteiger partial charge is 0.496 e. The average molecular weight is 257 g/mol. The van der Waals surface area contributed by atoms with E-state index in [2.05, 4.69) is 4.98 Å². The molecule has 1 saturated heterocycles. The Bertz CT molecular complexity index is 777. The van der Waals surface area contributed by atoms with Gasteiger partial charge in [0.2, 0.25) is 0 Å². The van der Waals surface area contributed by atoms with E-state index in [-0.39, 0.29) is 5.46 Å². The Morgan fingerprint density at radius 3 is 2.61 bits per heavy atom. The predicted molar refractivity (Wildman–Crippen MR) is 73.9 cm³/mol. The van der Waals surface area contributed by atoms with Gasteiger partial charge >= 0.3 is 7.12 Å². The lowest BCUT2D eigenvalue weighted by Gasteiger charge is -2.32. The molecule has 0 N–H and O–H groups in total. The molecule has 0 aromatic carbocycles. The minimum atomic E-state index is -3.41. The van der Waals surface area contributed by atoms with E-state index < -0.39 is 61.9 Å². The monoisotopic (exact) mass is 257 g/mol. The molecule has 0 atom stereocenters. The van der Waals surface area contributed by atoms with E-state index in [0.29, 0.717) is 0 Å². The second-order valence-electron chi connectivity index (χ2n) is 5.09. The van der Waals surface area contributed by atoms with Gasteiger partial charge in [-0.15, -0.1) is 0 Å². The smallest absolute Gasteiger partial charge is 0.399 e. The molecule has 1 fully saturated rings. The lowest BCUT2D eigenvalue weighted by atomic mass is 9.79. The molecule has 0 saturated carbocycles. The number of pyridine rings is 1. The van der Waals surface area contributed by atoms with Crippen molar-refractivity contribution in [1.82, 2.24) is 4.98 Å². The summed E-state index contributed by atoms with van der Waals surface area (Å²) in [6.45, 7) is 3.58. The minimum absolute atomic E-state index is 0.283. The van der Waals surface area contributed by atoms with Crippen molar-refractivity contribution < 1.29 is 23.0 Å². The van der Waals surface area contributed by atoms with Crippen LogP contribution in [0.25, 0.3) is 0 Å². The van der Waals surface area contributed by atoms with Crippen LogP contribution in [-0.4, -0.2) is 23.3 Å². The molecule has 0 unspecified atom stereocenters. The highest BCUT2D eigenvalue weighted by molar-refractivity contribution is 6.62. The Hall–Kier alpha value is -0.865. The van der Waals surface area contributed by atoms with E-state index in [4.69, 9.17) is 23.0 Å². The molecule has 1 aliphatic heterocycles. The minimum Gasteiger partial charge on any atom is -0.399 e. The van der Waals surface area contributed by atoms with E-state index >= 15 is 0 Å². The quantitative estimate of drug-likeness (QED) is 0.779. The molecule has 0 radical (unpaired) electrons. The zero-order valence-electron chi connectivity index (χ0n) is 20.8. The molecule has 0 aliphatic carbocycles. The van der Waals surface area contributed by atoms with Gasteiger partial charge in [0, 0.05) is 27.4 Å². The zero-order chi connectivity index (χ0) is 22.1. The maximum Gasteiger partial charge on any atom is 0.496 e. The first kappa shape index (κ1) is 5.64. The third kappa shape index (κ3) is 2.45. The number of aromatic nitrogens is 1. The highest BCUT2D eigenvalue weighted by atomic mass is 16.7. The molecule has 18 heavy (non-hydrogen) atoms. The summed E-state index contributed by atoms with van der Waals surface area (Å²) in [7, 11) is -1.27. The maximum atomic E-state index is 8.36. The normalized spacial score (nSPS) is 31.7. The fourth-order valence-electron chi connectivity index (χ4n) is 1.53. The maximum absolute atomic E-state index is 8.36. The van der Waals surface area contributed by atoms with E-state index in [1.54, 1.807) is 27.7 Å². The van der Waals surface area contributed by atoms with E-state index in [1.165, 1.54) is 0 Å². The summed E-state index contributed by atoms with van der Waals surface area (Å²) in [5.41, 5.74) is -2.81. The fourth-order valence-corrected chi connectivity index (χ4v) is 1.53. The number of hydrogen-bond donors (Lipinski definition) is 0. The number of nitrogens with zero attached hydrogens (tertiary/aromatic N) is 1. The van der Waals surface area contributed by atoms with E-state index in [9.17, 15) is 0 Å². The zero-order valence-corrected chi connectivity index (χ0v) is 10.8. The van der Waals surface area contributed by atoms with Crippen molar-refractivity contribution in [3.8, 4) is 0 Å². The van der Waals surface area contributed by atoms with Gasteiger partial charge in [-0.05, 0) is 39.6 Å². The Balaban J connectivity index is 2.70. The molecule has 3 nitrogen and oxygen atoms in total.